The molecule has 0 aromatic carbocycles. The van der Waals surface area contributed by atoms with E-state index < -0.39 is 0 Å². The molecule has 0 amide bonds. The number of nitrogens with zero attached hydrogens (tertiary/aromatic N) is 2. The zero-order valence-corrected chi connectivity index (χ0v) is 17.2. The Morgan fingerprint density at radius 1 is 0.667 bits per heavy atom. The van der Waals surface area contributed by atoms with Gasteiger partial charge in [0, 0.05) is 25.2 Å². The van der Waals surface area contributed by atoms with E-state index in [1.54, 1.807) is 0 Å². The molecule has 1 saturated heterocycles. The molecule has 24 heavy (non-hydrogen) atoms. The molecule has 6 atom stereocenters. The highest BCUT2D eigenvalue weighted by Gasteiger charge is 2.42. The standard InChI is InChI=1S/C22H42N2/c1-7-20-13-16(3)12-19(6)22(20)24-9-8-23(14-24)21-17(4)10-15(2)11-18(21)5/h15-22H,7-14H2,1-6H3. The van der Waals surface area contributed by atoms with E-state index in [0.717, 1.165) is 47.6 Å². The highest BCUT2D eigenvalue weighted by Crippen LogP contribution is 2.41. The Bertz CT molecular complexity index is 397. The predicted molar refractivity (Wildman–Crippen MR) is 104 cm³/mol. The summed E-state index contributed by atoms with van der Waals surface area (Å²) >= 11 is 0. The summed E-state index contributed by atoms with van der Waals surface area (Å²) in [6.45, 7) is 18.8. The summed E-state index contributed by atoms with van der Waals surface area (Å²) in [7, 11) is 0. The summed E-state index contributed by atoms with van der Waals surface area (Å²) in [6, 6.07) is 1.66. The third kappa shape index (κ3) is 3.70. The van der Waals surface area contributed by atoms with Crippen molar-refractivity contribution in [2.75, 3.05) is 19.8 Å². The lowest BCUT2D eigenvalue weighted by molar-refractivity contribution is 0.0159. The molecule has 0 radical (unpaired) electrons. The Morgan fingerprint density at radius 2 is 1.12 bits per heavy atom. The first kappa shape index (κ1) is 18.7. The fraction of sp³-hybridized carbons (Fsp3) is 1.00. The molecular formula is C22H42N2. The normalized spacial score (nSPS) is 48.8. The molecule has 0 N–H and O–H groups in total. The molecule has 2 saturated carbocycles. The van der Waals surface area contributed by atoms with Crippen LogP contribution in [-0.4, -0.2) is 41.6 Å². The number of hydrogen-bond acceptors (Lipinski definition) is 2. The van der Waals surface area contributed by atoms with E-state index in [0.29, 0.717) is 0 Å². The SMILES string of the molecule is CCC1CC(C)CC(C)C1N1CCN(C2C(C)CC(C)CC2C)C1. The van der Waals surface area contributed by atoms with Gasteiger partial charge in [-0.3, -0.25) is 9.80 Å². The van der Waals surface area contributed by atoms with Crippen LogP contribution in [0.3, 0.4) is 0 Å². The highest BCUT2D eigenvalue weighted by molar-refractivity contribution is 4.95. The second kappa shape index (κ2) is 7.66. The van der Waals surface area contributed by atoms with Crippen molar-refractivity contribution in [3.8, 4) is 0 Å². The van der Waals surface area contributed by atoms with Crippen LogP contribution in [0.1, 0.15) is 73.6 Å². The largest absolute Gasteiger partial charge is 0.286 e. The van der Waals surface area contributed by atoms with Gasteiger partial charge in [-0.05, 0) is 61.2 Å². The van der Waals surface area contributed by atoms with Crippen LogP contribution in [0.15, 0.2) is 0 Å². The van der Waals surface area contributed by atoms with Gasteiger partial charge in [-0.15, -0.1) is 0 Å². The molecular weight excluding hydrogens is 292 g/mol. The Hall–Kier alpha value is -0.0800. The van der Waals surface area contributed by atoms with Crippen LogP contribution in [0.25, 0.3) is 0 Å². The minimum Gasteiger partial charge on any atom is -0.286 e. The Labute approximate surface area is 151 Å². The first-order chi connectivity index (χ1) is 11.4. The summed E-state index contributed by atoms with van der Waals surface area (Å²) in [5.74, 6) is 5.39. The lowest BCUT2D eigenvalue weighted by Crippen LogP contribution is -2.50. The van der Waals surface area contributed by atoms with Crippen LogP contribution in [0, 0.1) is 35.5 Å². The fourth-order valence-corrected chi connectivity index (χ4v) is 7.10. The minimum atomic E-state index is 0.823. The van der Waals surface area contributed by atoms with Crippen LogP contribution in [0.5, 0.6) is 0 Å². The maximum absolute atomic E-state index is 2.88. The van der Waals surface area contributed by atoms with Gasteiger partial charge in [-0.1, -0.05) is 48.0 Å². The van der Waals surface area contributed by atoms with Crippen LogP contribution >= 0.6 is 0 Å². The van der Waals surface area contributed by atoms with Gasteiger partial charge in [0.2, 0.25) is 0 Å². The van der Waals surface area contributed by atoms with Crippen LogP contribution in [-0.2, 0) is 0 Å². The van der Waals surface area contributed by atoms with E-state index in [2.05, 4.69) is 51.3 Å². The van der Waals surface area contributed by atoms with Crippen molar-refractivity contribution in [2.45, 2.75) is 85.7 Å². The van der Waals surface area contributed by atoms with Gasteiger partial charge < -0.3 is 0 Å². The zero-order valence-electron chi connectivity index (χ0n) is 17.2. The Kier molecular flexibility index (Phi) is 5.97. The molecule has 2 heteroatoms. The van der Waals surface area contributed by atoms with Gasteiger partial charge in [-0.25, -0.2) is 0 Å². The van der Waals surface area contributed by atoms with E-state index in [9.17, 15) is 0 Å². The van der Waals surface area contributed by atoms with E-state index in [1.165, 1.54) is 51.9 Å². The average Bonchev–Trinajstić information content (AvgIpc) is 2.94. The maximum atomic E-state index is 2.88. The Morgan fingerprint density at radius 3 is 1.67 bits per heavy atom. The van der Waals surface area contributed by atoms with Crippen molar-refractivity contribution < 1.29 is 0 Å². The van der Waals surface area contributed by atoms with Crippen LogP contribution < -0.4 is 0 Å². The first-order valence-corrected chi connectivity index (χ1v) is 10.9. The maximum Gasteiger partial charge on any atom is 0.0513 e. The van der Waals surface area contributed by atoms with E-state index in [-0.39, 0.29) is 0 Å². The van der Waals surface area contributed by atoms with Crippen molar-refractivity contribution in [2.24, 2.45) is 35.5 Å². The Balaban J connectivity index is 1.66. The quantitative estimate of drug-likeness (QED) is 0.709. The summed E-state index contributed by atoms with van der Waals surface area (Å²) in [5, 5.41) is 0. The van der Waals surface area contributed by atoms with Gasteiger partial charge in [0.25, 0.3) is 0 Å². The summed E-state index contributed by atoms with van der Waals surface area (Å²) in [5.41, 5.74) is 0. The predicted octanol–water partition coefficient (Wildman–Crippen LogP) is 5.09. The zero-order chi connectivity index (χ0) is 17.4. The molecule has 0 aromatic heterocycles. The van der Waals surface area contributed by atoms with Crippen LogP contribution in [0.4, 0.5) is 0 Å². The first-order valence-electron chi connectivity index (χ1n) is 10.9. The molecule has 140 valence electrons. The lowest BCUT2D eigenvalue weighted by atomic mass is 9.71. The van der Waals surface area contributed by atoms with Crippen molar-refractivity contribution in [3.05, 3.63) is 0 Å². The molecule has 1 heterocycles. The van der Waals surface area contributed by atoms with Crippen LogP contribution in [0.2, 0.25) is 0 Å². The summed E-state index contributed by atoms with van der Waals surface area (Å²) in [6.07, 6.45) is 7.12. The molecule has 3 rings (SSSR count). The molecule has 3 fully saturated rings. The van der Waals surface area contributed by atoms with Gasteiger partial charge in [0.05, 0.1) is 6.67 Å². The van der Waals surface area contributed by atoms with Gasteiger partial charge in [0.15, 0.2) is 0 Å². The van der Waals surface area contributed by atoms with Crippen molar-refractivity contribution in [1.29, 1.82) is 0 Å². The molecule has 2 aliphatic carbocycles. The molecule has 6 unspecified atom stereocenters. The molecule has 0 aromatic rings. The molecule has 2 nitrogen and oxygen atoms in total. The summed E-state index contributed by atoms with van der Waals surface area (Å²) in [4.78, 5) is 5.74. The smallest absolute Gasteiger partial charge is 0.0513 e. The fourth-order valence-electron chi connectivity index (χ4n) is 7.10. The second-order valence-corrected chi connectivity index (χ2v) is 10.0. The van der Waals surface area contributed by atoms with E-state index >= 15 is 0 Å². The number of hydrogen-bond donors (Lipinski definition) is 0. The van der Waals surface area contributed by atoms with Crippen molar-refractivity contribution in [3.63, 3.8) is 0 Å². The van der Waals surface area contributed by atoms with E-state index in [1.807, 2.05) is 0 Å². The summed E-state index contributed by atoms with van der Waals surface area (Å²) < 4.78 is 0. The monoisotopic (exact) mass is 334 g/mol. The van der Waals surface area contributed by atoms with Gasteiger partial charge >= 0.3 is 0 Å². The topological polar surface area (TPSA) is 6.48 Å². The average molecular weight is 335 g/mol. The van der Waals surface area contributed by atoms with Gasteiger partial charge in [-0.2, -0.15) is 0 Å². The molecule has 0 spiro atoms. The lowest BCUT2D eigenvalue weighted by Gasteiger charge is -2.46. The van der Waals surface area contributed by atoms with E-state index in [4.69, 9.17) is 0 Å². The number of rotatable bonds is 3. The minimum absolute atomic E-state index is 0.823. The molecule has 3 aliphatic rings. The molecule has 0 bridgehead atoms. The van der Waals surface area contributed by atoms with Crippen molar-refractivity contribution in [1.82, 2.24) is 9.80 Å². The van der Waals surface area contributed by atoms with Crippen molar-refractivity contribution >= 4 is 0 Å². The van der Waals surface area contributed by atoms with Gasteiger partial charge in [0.1, 0.15) is 0 Å². The second-order valence-electron chi connectivity index (χ2n) is 10.0. The third-order valence-electron chi connectivity index (χ3n) is 7.66. The third-order valence-corrected chi connectivity index (χ3v) is 7.66. The molecule has 1 aliphatic heterocycles. The highest BCUT2D eigenvalue weighted by atomic mass is 15.4.